The summed E-state index contributed by atoms with van der Waals surface area (Å²) in [6.07, 6.45) is 8.00. The minimum absolute atomic E-state index is 0.0135. The SMILES string of the molecule is CCCCOc1cc(C=CC(=O)N2CCN(C(C=O)c3ccccc3-c3ccccc3)CC2)cc(OCCCC)c1O. The van der Waals surface area contributed by atoms with Crippen molar-refractivity contribution in [3.05, 3.63) is 83.9 Å². The summed E-state index contributed by atoms with van der Waals surface area (Å²) in [5.74, 6) is 0.597. The van der Waals surface area contributed by atoms with Crippen LogP contribution < -0.4 is 9.47 Å². The smallest absolute Gasteiger partial charge is 0.246 e. The van der Waals surface area contributed by atoms with Crippen molar-refractivity contribution in [1.29, 1.82) is 0 Å². The van der Waals surface area contributed by atoms with Crippen LogP contribution in [-0.4, -0.2) is 66.5 Å². The first kappa shape index (κ1) is 30.8. The Bertz CT molecular complexity index is 1300. The van der Waals surface area contributed by atoms with E-state index in [1.165, 1.54) is 0 Å². The lowest BCUT2D eigenvalue weighted by Crippen LogP contribution is -2.49. The fourth-order valence-corrected chi connectivity index (χ4v) is 5.06. The maximum atomic E-state index is 13.1. The van der Waals surface area contributed by atoms with Crippen LogP contribution in [0, 0.1) is 0 Å². The van der Waals surface area contributed by atoms with Crippen LogP contribution >= 0.6 is 0 Å². The molecule has 1 atom stereocenters. The summed E-state index contributed by atoms with van der Waals surface area (Å²) in [5, 5.41) is 10.7. The van der Waals surface area contributed by atoms with Gasteiger partial charge in [0.05, 0.1) is 19.3 Å². The van der Waals surface area contributed by atoms with Crippen LogP contribution in [0.1, 0.15) is 56.7 Å². The van der Waals surface area contributed by atoms with E-state index in [0.717, 1.165) is 54.2 Å². The van der Waals surface area contributed by atoms with E-state index in [2.05, 4.69) is 36.9 Å². The Morgan fingerprint density at radius 2 is 1.48 bits per heavy atom. The molecule has 1 N–H and O–H groups in total. The van der Waals surface area contributed by atoms with E-state index in [-0.39, 0.29) is 17.7 Å². The Morgan fingerprint density at radius 1 is 0.881 bits per heavy atom. The Hall–Kier alpha value is -4.10. The summed E-state index contributed by atoms with van der Waals surface area (Å²) in [7, 11) is 0. The Balaban J connectivity index is 1.42. The van der Waals surface area contributed by atoms with Gasteiger partial charge in [0.15, 0.2) is 11.5 Å². The number of carbonyl (C=O) groups excluding carboxylic acids is 2. The highest BCUT2D eigenvalue weighted by Crippen LogP contribution is 2.38. The van der Waals surface area contributed by atoms with Gasteiger partial charge in [0.1, 0.15) is 6.29 Å². The number of hydrogen-bond acceptors (Lipinski definition) is 6. The Labute approximate surface area is 249 Å². The van der Waals surface area contributed by atoms with Crippen LogP contribution in [0.25, 0.3) is 17.2 Å². The van der Waals surface area contributed by atoms with Crippen molar-refractivity contribution in [1.82, 2.24) is 9.80 Å². The van der Waals surface area contributed by atoms with Crippen molar-refractivity contribution >= 4 is 18.3 Å². The molecule has 4 rings (SSSR count). The van der Waals surface area contributed by atoms with Gasteiger partial charge in [-0.05, 0) is 53.3 Å². The van der Waals surface area contributed by atoms with E-state index in [4.69, 9.17) is 9.47 Å². The molecular weight excluding hydrogens is 528 g/mol. The number of nitrogens with zero attached hydrogens (tertiary/aromatic N) is 2. The number of ether oxygens (including phenoxy) is 2. The number of hydrogen-bond donors (Lipinski definition) is 1. The van der Waals surface area contributed by atoms with E-state index in [0.29, 0.717) is 50.9 Å². The van der Waals surface area contributed by atoms with Crippen molar-refractivity contribution in [2.75, 3.05) is 39.4 Å². The molecule has 42 heavy (non-hydrogen) atoms. The third-order valence-corrected chi connectivity index (χ3v) is 7.50. The van der Waals surface area contributed by atoms with Crippen molar-refractivity contribution in [2.24, 2.45) is 0 Å². The molecule has 1 heterocycles. The van der Waals surface area contributed by atoms with E-state index in [1.54, 1.807) is 29.2 Å². The molecule has 1 amide bonds. The second kappa shape index (κ2) is 15.8. The lowest BCUT2D eigenvalue weighted by Gasteiger charge is -2.37. The highest BCUT2D eigenvalue weighted by Gasteiger charge is 2.27. The first-order chi connectivity index (χ1) is 20.5. The molecule has 1 fully saturated rings. The van der Waals surface area contributed by atoms with Crippen molar-refractivity contribution in [2.45, 2.75) is 45.6 Å². The molecule has 1 aliphatic rings. The van der Waals surface area contributed by atoms with Gasteiger partial charge in [-0.2, -0.15) is 0 Å². The molecule has 7 nitrogen and oxygen atoms in total. The zero-order valence-corrected chi connectivity index (χ0v) is 24.7. The maximum Gasteiger partial charge on any atom is 0.246 e. The minimum atomic E-state index is -0.386. The van der Waals surface area contributed by atoms with E-state index in [1.807, 2.05) is 36.4 Å². The average Bonchev–Trinajstić information content (AvgIpc) is 3.03. The number of rotatable bonds is 14. The molecule has 3 aromatic carbocycles. The first-order valence-corrected chi connectivity index (χ1v) is 15.0. The molecule has 0 saturated carbocycles. The zero-order chi connectivity index (χ0) is 29.7. The van der Waals surface area contributed by atoms with Gasteiger partial charge in [-0.1, -0.05) is 81.3 Å². The molecule has 0 spiro atoms. The van der Waals surface area contributed by atoms with Gasteiger partial charge in [-0.15, -0.1) is 0 Å². The van der Waals surface area contributed by atoms with E-state index < -0.39 is 0 Å². The van der Waals surface area contributed by atoms with Gasteiger partial charge >= 0.3 is 0 Å². The number of benzene rings is 3. The van der Waals surface area contributed by atoms with Crippen LogP contribution in [0.15, 0.2) is 72.8 Å². The van der Waals surface area contributed by atoms with Gasteiger partial charge in [0, 0.05) is 32.3 Å². The molecular formula is C35H42N2O5. The molecule has 1 unspecified atom stereocenters. The van der Waals surface area contributed by atoms with Crippen LogP contribution in [0.2, 0.25) is 0 Å². The zero-order valence-electron chi connectivity index (χ0n) is 24.7. The number of aromatic hydroxyl groups is 1. The summed E-state index contributed by atoms with van der Waals surface area (Å²) in [6.45, 7) is 7.37. The van der Waals surface area contributed by atoms with Gasteiger partial charge in [-0.3, -0.25) is 9.69 Å². The standard InChI is InChI=1S/C35H42N2O5/c1-3-5-22-41-32-24-27(25-33(35(32)40)42-23-6-4-2)16-17-34(39)37-20-18-36(19-21-37)31(26-38)30-15-11-10-14-29(30)28-12-8-7-9-13-28/h7-17,24-26,31,40H,3-6,18-23H2,1-2H3. The summed E-state index contributed by atoms with van der Waals surface area (Å²) in [6, 6.07) is 21.2. The number of phenolic OH excluding ortho intramolecular Hbond substituents is 1. The molecule has 1 saturated heterocycles. The second-order valence-electron chi connectivity index (χ2n) is 10.5. The van der Waals surface area contributed by atoms with E-state index in [9.17, 15) is 14.7 Å². The van der Waals surface area contributed by atoms with Crippen LogP contribution in [0.3, 0.4) is 0 Å². The van der Waals surface area contributed by atoms with Gasteiger partial charge in [0.2, 0.25) is 11.7 Å². The predicted octanol–water partition coefficient (Wildman–Crippen LogP) is 6.51. The largest absolute Gasteiger partial charge is 0.502 e. The van der Waals surface area contributed by atoms with Crippen LogP contribution in [-0.2, 0) is 9.59 Å². The third kappa shape index (κ3) is 8.01. The molecule has 3 aromatic rings. The van der Waals surface area contributed by atoms with Crippen LogP contribution in [0.5, 0.6) is 17.2 Å². The summed E-state index contributed by atoms with van der Waals surface area (Å²) >= 11 is 0. The summed E-state index contributed by atoms with van der Waals surface area (Å²) in [4.78, 5) is 29.4. The normalized spacial score (nSPS) is 14.6. The molecule has 0 aromatic heterocycles. The number of aldehydes is 1. The number of unbranched alkanes of at least 4 members (excludes halogenated alkanes) is 2. The molecule has 0 aliphatic carbocycles. The molecule has 222 valence electrons. The number of carbonyl (C=O) groups is 2. The summed E-state index contributed by atoms with van der Waals surface area (Å²) < 4.78 is 11.6. The lowest BCUT2D eigenvalue weighted by molar-refractivity contribution is -0.128. The summed E-state index contributed by atoms with van der Waals surface area (Å²) in [5.41, 5.74) is 3.81. The topological polar surface area (TPSA) is 79.3 Å². The fraction of sp³-hybridized carbons (Fsp3) is 0.371. The monoisotopic (exact) mass is 570 g/mol. The van der Waals surface area contributed by atoms with Crippen molar-refractivity contribution in [3.8, 4) is 28.4 Å². The molecule has 7 heteroatoms. The van der Waals surface area contributed by atoms with E-state index >= 15 is 0 Å². The number of piperazine rings is 1. The van der Waals surface area contributed by atoms with Gasteiger partial charge in [-0.25, -0.2) is 0 Å². The Morgan fingerprint density at radius 3 is 2.07 bits per heavy atom. The fourth-order valence-electron chi connectivity index (χ4n) is 5.06. The molecule has 0 bridgehead atoms. The highest BCUT2D eigenvalue weighted by atomic mass is 16.5. The average molecular weight is 571 g/mol. The first-order valence-electron chi connectivity index (χ1n) is 15.0. The van der Waals surface area contributed by atoms with Crippen LogP contribution in [0.4, 0.5) is 0 Å². The predicted molar refractivity (Wildman–Crippen MR) is 167 cm³/mol. The lowest BCUT2D eigenvalue weighted by atomic mass is 9.94. The number of phenols is 1. The third-order valence-electron chi connectivity index (χ3n) is 7.50. The van der Waals surface area contributed by atoms with Crippen molar-refractivity contribution in [3.63, 3.8) is 0 Å². The second-order valence-corrected chi connectivity index (χ2v) is 10.5. The molecule has 0 radical (unpaired) electrons. The molecule has 1 aliphatic heterocycles. The minimum Gasteiger partial charge on any atom is -0.502 e. The maximum absolute atomic E-state index is 13.1. The number of amides is 1. The Kier molecular flexibility index (Phi) is 11.6. The van der Waals surface area contributed by atoms with Crippen molar-refractivity contribution < 1.29 is 24.2 Å². The van der Waals surface area contributed by atoms with Gasteiger partial charge in [0.25, 0.3) is 0 Å². The van der Waals surface area contributed by atoms with Gasteiger partial charge < -0.3 is 24.3 Å². The quantitative estimate of drug-likeness (QED) is 0.135. The highest BCUT2D eigenvalue weighted by molar-refractivity contribution is 5.92.